The largest absolute Gasteiger partial charge is 0.496 e. The van der Waals surface area contributed by atoms with Gasteiger partial charge in [0, 0.05) is 6.54 Å². The van der Waals surface area contributed by atoms with Gasteiger partial charge in [-0.3, -0.25) is 0 Å². The van der Waals surface area contributed by atoms with Gasteiger partial charge in [-0.1, -0.05) is 26.3 Å². The molecule has 0 atom stereocenters. The van der Waals surface area contributed by atoms with Crippen molar-refractivity contribution in [3.8, 4) is 5.75 Å². The molecule has 0 spiro atoms. The van der Waals surface area contributed by atoms with Crippen LogP contribution in [0, 0.1) is 11.3 Å². The Balaban J connectivity index is 1.97. The first kappa shape index (κ1) is 15.8. The Labute approximate surface area is 131 Å². The zero-order valence-electron chi connectivity index (χ0n) is 12.8. The SMILES string of the molecule is COc1ccc(CC2(CNCC(C)C)CCC2)cc1Br. The minimum atomic E-state index is 0.475. The van der Waals surface area contributed by atoms with Crippen molar-refractivity contribution in [2.45, 2.75) is 39.5 Å². The Hall–Kier alpha value is -0.540. The molecular weight excluding hydrogens is 314 g/mol. The van der Waals surface area contributed by atoms with Gasteiger partial charge in [-0.25, -0.2) is 0 Å². The minimum absolute atomic E-state index is 0.475. The van der Waals surface area contributed by atoms with Crippen molar-refractivity contribution in [2.75, 3.05) is 20.2 Å². The normalized spacial score (nSPS) is 17.1. The number of ether oxygens (including phenoxy) is 1. The summed E-state index contributed by atoms with van der Waals surface area (Å²) >= 11 is 3.59. The molecule has 0 heterocycles. The molecule has 0 radical (unpaired) electrons. The predicted octanol–water partition coefficient (Wildman–Crippen LogP) is 4.42. The number of methoxy groups -OCH3 is 1. The van der Waals surface area contributed by atoms with Crippen molar-refractivity contribution >= 4 is 15.9 Å². The Kier molecular flexibility index (Phi) is 5.50. The van der Waals surface area contributed by atoms with Gasteiger partial charge >= 0.3 is 0 Å². The van der Waals surface area contributed by atoms with Crippen LogP contribution >= 0.6 is 15.9 Å². The summed E-state index contributed by atoms with van der Waals surface area (Å²) in [5.74, 6) is 1.64. The van der Waals surface area contributed by atoms with Crippen LogP contribution in [0.4, 0.5) is 0 Å². The van der Waals surface area contributed by atoms with E-state index >= 15 is 0 Å². The maximum atomic E-state index is 5.30. The number of hydrogen-bond donors (Lipinski definition) is 1. The quantitative estimate of drug-likeness (QED) is 0.794. The predicted molar refractivity (Wildman–Crippen MR) is 88.4 cm³/mol. The monoisotopic (exact) mass is 339 g/mol. The fraction of sp³-hybridized carbons (Fsp3) is 0.647. The molecule has 20 heavy (non-hydrogen) atoms. The van der Waals surface area contributed by atoms with Crippen molar-refractivity contribution in [3.63, 3.8) is 0 Å². The third kappa shape index (κ3) is 3.98. The van der Waals surface area contributed by atoms with Crippen LogP contribution in [0.2, 0.25) is 0 Å². The van der Waals surface area contributed by atoms with E-state index in [0.29, 0.717) is 5.41 Å². The van der Waals surface area contributed by atoms with Crippen LogP contribution in [-0.2, 0) is 6.42 Å². The minimum Gasteiger partial charge on any atom is -0.496 e. The Morgan fingerprint density at radius 2 is 2.10 bits per heavy atom. The standard InChI is InChI=1S/C17H26BrNO/c1-13(2)11-19-12-17(7-4-8-17)10-14-5-6-16(20-3)15(18)9-14/h5-6,9,13,19H,4,7-8,10-12H2,1-3H3. The third-order valence-corrected chi connectivity index (χ3v) is 4.88. The highest BCUT2D eigenvalue weighted by Crippen LogP contribution is 2.43. The lowest BCUT2D eigenvalue weighted by Crippen LogP contribution is -2.42. The van der Waals surface area contributed by atoms with Crippen LogP contribution < -0.4 is 10.1 Å². The summed E-state index contributed by atoms with van der Waals surface area (Å²) in [6.45, 7) is 6.80. The topological polar surface area (TPSA) is 21.3 Å². The van der Waals surface area contributed by atoms with Gasteiger partial charge in [-0.15, -0.1) is 0 Å². The lowest BCUT2D eigenvalue weighted by atomic mass is 9.65. The number of benzene rings is 1. The van der Waals surface area contributed by atoms with Gasteiger partial charge in [-0.2, -0.15) is 0 Å². The summed E-state index contributed by atoms with van der Waals surface area (Å²) < 4.78 is 6.36. The fourth-order valence-corrected chi connectivity index (χ4v) is 3.56. The lowest BCUT2D eigenvalue weighted by Gasteiger charge is -2.42. The average molecular weight is 340 g/mol. The molecule has 1 saturated carbocycles. The van der Waals surface area contributed by atoms with E-state index in [-0.39, 0.29) is 0 Å². The van der Waals surface area contributed by atoms with Crippen molar-refractivity contribution in [1.82, 2.24) is 5.32 Å². The van der Waals surface area contributed by atoms with Crippen LogP contribution in [0.3, 0.4) is 0 Å². The van der Waals surface area contributed by atoms with Crippen molar-refractivity contribution in [3.05, 3.63) is 28.2 Å². The van der Waals surface area contributed by atoms with Gasteiger partial charge in [0.05, 0.1) is 11.6 Å². The van der Waals surface area contributed by atoms with Gasteiger partial charge < -0.3 is 10.1 Å². The molecule has 0 aromatic heterocycles. The molecule has 1 aromatic carbocycles. The number of halogens is 1. The third-order valence-electron chi connectivity index (χ3n) is 4.26. The highest BCUT2D eigenvalue weighted by molar-refractivity contribution is 9.10. The molecule has 2 nitrogen and oxygen atoms in total. The van der Waals surface area contributed by atoms with E-state index in [1.807, 2.05) is 0 Å². The second kappa shape index (κ2) is 6.95. The molecule has 1 fully saturated rings. The van der Waals surface area contributed by atoms with Crippen LogP contribution in [0.25, 0.3) is 0 Å². The number of nitrogens with one attached hydrogen (secondary N) is 1. The second-order valence-corrected chi connectivity index (χ2v) is 7.38. The van der Waals surface area contributed by atoms with E-state index < -0.39 is 0 Å². The first-order valence-corrected chi connectivity index (χ1v) is 8.37. The van der Waals surface area contributed by atoms with E-state index in [9.17, 15) is 0 Å². The molecule has 0 amide bonds. The first-order valence-electron chi connectivity index (χ1n) is 7.58. The summed E-state index contributed by atoms with van der Waals surface area (Å²) in [4.78, 5) is 0. The van der Waals surface area contributed by atoms with E-state index in [1.54, 1.807) is 7.11 Å². The smallest absolute Gasteiger partial charge is 0.133 e. The van der Waals surface area contributed by atoms with E-state index in [4.69, 9.17) is 4.74 Å². The summed E-state index contributed by atoms with van der Waals surface area (Å²) in [7, 11) is 1.71. The molecule has 0 unspecified atom stereocenters. The van der Waals surface area contributed by atoms with Crippen molar-refractivity contribution in [1.29, 1.82) is 0 Å². The average Bonchev–Trinajstić information content (AvgIpc) is 2.35. The Morgan fingerprint density at radius 3 is 2.60 bits per heavy atom. The molecule has 0 aliphatic heterocycles. The van der Waals surface area contributed by atoms with Gasteiger partial charge in [0.25, 0.3) is 0 Å². The van der Waals surface area contributed by atoms with Gasteiger partial charge in [0.2, 0.25) is 0 Å². The molecule has 1 aliphatic rings. The Morgan fingerprint density at radius 1 is 1.35 bits per heavy atom. The highest BCUT2D eigenvalue weighted by atomic mass is 79.9. The molecule has 1 N–H and O–H groups in total. The summed E-state index contributed by atoms with van der Waals surface area (Å²) in [5, 5.41) is 3.65. The molecule has 1 aromatic rings. The Bertz CT molecular complexity index is 441. The summed E-state index contributed by atoms with van der Waals surface area (Å²) in [6, 6.07) is 6.47. The van der Waals surface area contributed by atoms with Crippen LogP contribution in [0.5, 0.6) is 5.75 Å². The molecule has 0 bridgehead atoms. The zero-order valence-corrected chi connectivity index (χ0v) is 14.4. The molecule has 3 heteroatoms. The molecule has 0 saturated heterocycles. The fourth-order valence-electron chi connectivity index (χ4n) is 2.97. The number of hydrogen-bond acceptors (Lipinski definition) is 2. The lowest BCUT2D eigenvalue weighted by molar-refractivity contribution is 0.129. The first-order chi connectivity index (χ1) is 9.54. The van der Waals surface area contributed by atoms with E-state index in [2.05, 4.69) is 53.3 Å². The molecule has 2 rings (SSSR count). The van der Waals surface area contributed by atoms with Crippen molar-refractivity contribution in [2.24, 2.45) is 11.3 Å². The molecular formula is C17H26BrNO. The molecule has 1 aliphatic carbocycles. The van der Waals surface area contributed by atoms with Gasteiger partial charge in [-0.05, 0) is 70.8 Å². The zero-order chi connectivity index (χ0) is 14.6. The highest BCUT2D eigenvalue weighted by Gasteiger charge is 2.36. The summed E-state index contributed by atoms with van der Waals surface area (Å²) in [6.07, 6.45) is 5.24. The van der Waals surface area contributed by atoms with Crippen molar-refractivity contribution < 1.29 is 4.74 Å². The maximum Gasteiger partial charge on any atom is 0.133 e. The maximum absolute atomic E-state index is 5.30. The van der Waals surface area contributed by atoms with Crippen LogP contribution in [-0.4, -0.2) is 20.2 Å². The van der Waals surface area contributed by atoms with Crippen LogP contribution in [0.1, 0.15) is 38.7 Å². The van der Waals surface area contributed by atoms with E-state index in [0.717, 1.165) is 29.2 Å². The van der Waals surface area contributed by atoms with E-state index in [1.165, 1.54) is 31.2 Å². The van der Waals surface area contributed by atoms with Gasteiger partial charge in [0.15, 0.2) is 0 Å². The number of rotatable bonds is 7. The summed E-state index contributed by atoms with van der Waals surface area (Å²) in [5.41, 5.74) is 1.88. The second-order valence-electron chi connectivity index (χ2n) is 6.52. The molecule has 112 valence electrons. The van der Waals surface area contributed by atoms with Crippen LogP contribution in [0.15, 0.2) is 22.7 Å². The van der Waals surface area contributed by atoms with Gasteiger partial charge in [0.1, 0.15) is 5.75 Å².